The molecule has 5 rings (SSSR count). The van der Waals surface area contributed by atoms with E-state index in [1.807, 2.05) is 41.3 Å². The third-order valence-electron chi connectivity index (χ3n) is 6.55. The maximum Gasteiger partial charge on any atom is 0.227 e. The van der Waals surface area contributed by atoms with E-state index in [-0.39, 0.29) is 11.8 Å². The molecule has 0 radical (unpaired) electrons. The molecular formula is C25H28N4O4. The molecule has 4 heterocycles. The SMILES string of the molecule is COc1cc2c(cc1OC)CN(C(=O)C1CCCN(c3ccc(-c4ccco4)nn3)C1)CC2. The zero-order chi connectivity index (χ0) is 22.8. The van der Waals surface area contributed by atoms with E-state index in [2.05, 4.69) is 15.1 Å². The Bertz CT molecular complexity index is 1110. The molecule has 1 unspecified atom stereocenters. The van der Waals surface area contributed by atoms with E-state index in [0.717, 1.165) is 49.5 Å². The van der Waals surface area contributed by atoms with Gasteiger partial charge in [-0.2, -0.15) is 0 Å². The Labute approximate surface area is 193 Å². The molecule has 0 spiro atoms. The number of carbonyl (C=O) groups is 1. The Balaban J connectivity index is 1.27. The van der Waals surface area contributed by atoms with Crippen LogP contribution in [-0.4, -0.2) is 54.9 Å². The number of benzene rings is 1. The van der Waals surface area contributed by atoms with Gasteiger partial charge in [-0.1, -0.05) is 0 Å². The number of carbonyl (C=O) groups excluding carboxylic acids is 1. The third kappa shape index (κ3) is 4.25. The Hall–Kier alpha value is -3.55. The van der Waals surface area contributed by atoms with Crippen LogP contribution < -0.4 is 14.4 Å². The molecule has 2 aliphatic heterocycles. The topological polar surface area (TPSA) is 80.9 Å². The van der Waals surface area contributed by atoms with Gasteiger partial charge in [0.15, 0.2) is 23.1 Å². The molecule has 0 bridgehead atoms. The highest BCUT2D eigenvalue weighted by molar-refractivity contribution is 5.80. The van der Waals surface area contributed by atoms with E-state index in [4.69, 9.17) is 13.9 Å². The van der Waals surface area contributed by atoms with Crippen LogP contribution in [0.15, 0.2) is 47.1 Å². The fourth-order valence-electron chi connectivity index (χ4n) is 4.77. The largest absolute Gasteiger partial charge is 0.493 e. The van der Waals surface area contributed by atoms with E-state index < -0.39 is 0 Å². The predicted molar refractivity (Wildman–Crippen MR) is 123 cm³/mol. The summed E-state index contributed by atoms with van der Waals surface area (Å²) in [6.07, 6.45) is 4.28. The molecular weight excluding hydrogens is 420 g/mol. The Morgan fingerprint density at radius 2 is 1.88 bits per heavy atom. The van der Waals surface area contributed by atoms with Gasteiger partial charge in [0.25, 0.3) is 0 Å². The fraction of sp³-hybridized carbons (Fsp3) is 0.400. The van der Waals surface area contributed by atoms with Crippen LogP contribution in [0.4, 0.5) is 5.82 Å². The molecule has 0 N–H and O–H groups in total. The van der Waals surface area contributed by atoms with Crippen molar-refractivity contribution in [1.82, 2.24) is 15.1 Å². The van der Waals surface area contributed by atoms with Crippen molar-refractivity contribution >= 4 is 11.7 Å². The molecule has 1 aromatic carbocycles. The quantitative estimate of drug-likeness (QED) is 0.590. The highest BCUT2D eigenvalue weighted by Gasteiger charge is 2.32. The highest BCUT2D eigenvalue weighted by Crippen LogP contribution is 2.34. The number of rotatable bonds is 5. The first-order chi connectivity index (χ1) is 16.2. The van der Waals surface area contributed by atoms with Crippen molar-refractivity contribution in [3.63, 3.8) is 0 Å². The standard InChI is InChI=1S/C25H28N4O4/c1-31-22-13-17-9-11-29(16-19(17)14-23(22)32-2)25(30)18-5-3-10-28(15-18)24-8-7-20(26-27-24)21-6-4-12-33-21/h4,6-8,12-14,18H,3,5,9-11,15-16H2,1-2H3. The number of nitrogens with zero attached hydrogens (tertiary/aromatic N) is 4. The number of methoxy groups -OCH3 is 2. The average molecular weight is 449 g/mol. The summed E-state index contributed by atoms with van der Waals surface area (Å²) in [6.45, 7) is 2.85. The third-order valence-corrected chi connectivity index (χ3v) is 6.55. The molecule has 2 aromatic heterocycles. The predicted octanol–water partition coefficient (Wildman–Crippen LogP) is 3.56. The number of aromatic nitrogens is 2. The lowest BCUT2D eigenvalue weighted by Crippen LogP contribution is -2.46. The van der Waals surface area contributed by atoms with Gasteiger partial charge in [-0.25, -0.2) is 0 Å². The van der Waals surface area contributed by atoms with Crippen LogP contribution in [0, 0.1) is 5.92 Å². The Morgan fingerprint density at radius 1 is 1.06 bits per heavy atom. The first-order valence-electron chi connectivity index (χ1n) is 11.3. The summed E-state index contributed by atoms with van der Waals surface area (Å²) in [7, 11) is 3.28. The van der Waals surface area contributed by atoms with Crippen LogP contribution in [0.2, 0.25) is 0 Å². The summed E-state index contributed by atoms with van der Waals surface area (Å²) in [4.78, 5) is 17.6. The lowest BCUT2D eigenvalue weighted by Gasteiger charge is -2.37. The van der Waals surface area contributed by atoms with Crippen LogP contribution in [0.1, 0.15) is 24.0 Å². The van der Waals surface area contributed by atoms with Gasteiger partial charge in [-0.05, 0) is 66.8 Å². The molecule has 8 heteroatoms. The van der Waals surface area contributed by atoms with Crippen LogP contribution in [0.25, 0.3) is 11.5 Å². The summed E-state index contributed by atoms with van der Waals surface area (Å²) in [5.41, 5.74) is 3.04. The lowest BCUT2D eigenvalue weighted by molar-refractivity contribution is -0.136. The van der Waals surface area contributed by atoms with Gasteiger partial charge in [-0.15, -0.1) is 10.2 Å². The minimum absolute atomic E-state index is 0.0491. The number of furan rings is 1. The summed E-state index contributed by atoms with van der Waals surface area (Å²) in [5, 5.41) is 8.70. The first kappa shape index (κ1) is 21.3. The Morgan fingerprint density at radius 3 is 2.58 bits per heavy atom. The number of anilines is 1. The van der Waals surface area contributed by atoms with Crippen LogP contribution in [-0.2, 0) is 17.8 Å². The van der Waals surface area contributed by atoms with Crippen molar-refractivity contribution in [1.29, 1.82) is 0 Å². The maximum absolute atomic E-state index is 13.4. The fourth-order valence-corrected chi connectivity index (χ4v) is 4.77. The average Bonchev–Trinajstić information content (AvgIpc) is 3.42. The number of fused-ring (bicyclic) bond motifs is 1. The van der Waals surface area contributed by atoms with Gasteiger partial charge >= 0.3 is 0 Å². The molecule has 8 nitrogen and oxygen atoms in total. The normalized spacial score (nSPS) is 18.1. The lowest BCUT2D eigenvalue weighted by atomic mass is 9.93. The summed E-state index contributed by atoms with van der Waals surface area (Å²) < 4.78 is 16.3. The second-order valence-corrected chi connectivity index (χ2v) is 8.52. The summed E-state index contributed by atoms with van der Waals surface area (Å²) in [6, 6.07) is 11.6. The van der Waals surface area contributed by atoms with Crippen molar-refractivity contribution in [3.8, 4) is 23.0 Å². The van der Waals surface area contributed by atoms with Crippen molar-refractivity contribution in [2.75, 3.05) is 38.8 Å². The second-order valence-electron chi connectivity index (χ2n) is 8.52. The molecule has 0 aliphatic carbocycles. The molecule has 1 atom stereocenters. The Kier molecular flexibility index (Phi) is 5.90. The van der Waals surface area contributed by atoms with E-state index in [0.29, 0.717) is 30.3 Å². The summed E-state index contributed by atoms with van der Waals surface area (Å²) in [5.74, 6) is 3.08. The van der Waals surface area contributed by atoms with Crippen LogP contribution in [0.5, 0.6) is 11.5 Å². The molecule has 172 valence electrons. The van der Waals surface area contributed by atoms with E-state index in [1.165, 1.54) is 5.56 Å². The zero-order valence-electron chi connectivity index (χ0n) is 19.0. The molecule has 1 fully saturated rings. The van der Waals surface area contributed by atoms with Crippen molar-refractivity contribution in [2.24, 2.45) is 5.92 Å². The minimum atomic E-state index is -0.0491. The molecule has 1 saturated heterocycles. The maximum atomic E-state index is 13.4. The molecule has 1 amide bonds. The van der Waals surface area contributed by atoms with Gasteiger partial charge in [0.05, 0.1) is 26.4 Å². The number of ether oxygens (including phenoxy) is 2. The smallest absolute Gasteiger partial charge is 0.227 e. The monoisotopic (exact) mass is 448 g/mol. The number of piperidine rings is 1. The van der Waals surface area contributed by atoms with Gasteiger partial charge < -0.3 is 23.7 Å². The summed E-state index contributed by atoms with van der Waals surface area (Å²) >= 11 is 0. The molecule has 0 saturated carbocycles. The number of hydrogen-bond acceptors (Lipinski definition) is 7. The highest BCUT2D eigenvalue weighted by atomic mass is 16.5. The van der Waals surface area contributed by atoms with Crippen molar-refractivity contribution < 1.29 is 18.7 Å². The molecule has 33 heavy (non-hydrogen) atoms. The zero-order valence-corrected chi connectivity index (χ0v) is 19.0. The van der Waals surface area contributed by atoms with Gasteiger partial charge in [0, 0.05) is 26.2 Å². The number of hydrogen-bond donors (Lipinski definition) is 0. The van der Waals surface area contributed by atoms with Crippen LogP contribution >= 0.6 is 0 Å². The van der Waals surface area contributed by atoms with Gasteiger partial charge in [-0.3, -0.25) is 4.79 Å². The molecule has 3 aromatic rings. The van der Waals surface area contributed by atoms with Gasteiger partial charge in [0.2, 0.25) is 5.91 Å². The van der Waals surface area contributed by atoms with Gasteiger partial charge in [0.1, 0.15) is 5.69 Å². The van der Waals surface area contributed by atoms with Crippen LogP contribution in [0.3, 0.4) is 0 Å². The minimum Gasteiger partial charge on any atom is -0.493 e. The van der Waals surface area contributed by atoms with E-state index in [9.17, 15) is 4.79 Å². The second kappa shape index (κ2) is 9.13. The van der Waals surface area contributed by atoms with Crippen molar-refractivity contribution in [2.45, 2.75) is 25.8 Å². The van der Waals surface area contributed by atoms with E-state index >= 15 is 0 Å². The van der Waals surface area contributed by atoms with Crippen molar-refractivity contribution in [3.05, 3.63) is 53.8 Å². The molecule has 2 aliphatic rings. The first-order valence-corrected chi connectivity index (χ1v) is 11.3. The van der Waals surface area contributed by atoms with E-state index in [1.54, 1.807) is 20.5 Å². The number of amides is 1.